The average Bonchev–Trinajstić information content (AvgIpc) is 3.02. The van der Waals surface area contributed by atoms with Crippen molar-refractivity contribution in [1.82, 2.24) is 19.8 Å². The quantitative estimate of drug-likeness (QED) is 0.660. The van der Waals surface area contributed by atoms with E-state index in [1.165, 1.54) is 16.7 Å². The summed E-state index contributed by atoms with van der Waals surface area (Å²) >= 11 is 5.02. The van der Waals surface area contributed by atoms with Crippen molar-refractivity contribution in [2.24, 2.45) is 0 Å². The van der Waals surface area contributed by atoms with Crippen LogP contribution in [0.2, 0.25) is 0 Å². The Labute approximate surface area is 117 Å². The fraction of sp³-hybridized carbons (Fsp3) is 0.385. The zero-order valence-corrected chi connectivity index (χ0v) is 11.4. The van der Waals surface area contributed by atoms with Crippen LogP contribution in [0.4, 0.5) is 0 Å². The van der Waals surface area contributed by atoms with Gasteiger partial charge in [-0.1, -0.05) is 30.3 Å². The van der Waals surface area contributed by atoms with Crippen molar-refractivity contribution in [3.63, 3.8) is 0 Å². The lowest BCUT2D eigenvalue weighted by molar-refractivity contribution is 0.315. The molecule has 0 unspecified atom stereocenters. The number of likely N-dealkylation sites (tertiary alicyclic amines) is 1. The van der Waals surface area contributed by atoms with Gasteiger partial charge in [-0.25, -0.2) is 4.68 Å². The van der Waals surface area contributed by atoms with Crippen LogP contribution >= 0.6 is 12.2 Å². The number of H-pyrrole nitrogens is 1. The highest BCUT2D eigenvalue weighted by Gasteiger charge is 2.24. The Morgan fingerprint density at radius 3 is 2.84 bits per heavy atom. The second-order valence-corrected chi connectivity index (χ2v) is 5.33. The second kappa shape index (κ2) is 5.14. The van der Waals surface area contributed by atoms with Crippen molar-refractivity contribution in [2.45, 2.75) is 18.9 Å². The molecular weight excluding hydrogens is 258 g/mol. The van der Waals surface area contributed by atoms with Crippen LogP contribution in [-0.4, -0.2) is 32.9 Å². The zero-order chi connectivity index (χ0) is 13.2. The minimum atomic E-state index is 0.466. The Hall–Kier alpha value is -1.66. The third-order valence-corrected chi connectivity index (χ3v) is 3.97. The van der Waals surface area contributed by atoms with Gasteiger partial charge in [0.05, 0.1) is 6.54 Å². The summed E-state index contributed by atoms with van der Waals surface area (Å²) in [5, 5.41) is 6.87. The molecule has 0 aliphatic carbocycles. The minimum Gasteiger partial charge on any atom is -0.335 e. The summed E-state index contributed by atoms with van der Waals surface area (Å²) in [5.41, 5.74) is 1.41. The smallest absolute Gasteiger partial charge is 0.214 e. The summed E-state index contributed by atoms with van der Waals surface area (Å²) < 4.78 is 1.92. The van der Waals surface area contributed by atoms with Gasteiger partial charge in [-0.2, -0.15) is 5.10 Å². The molecule has 1 aliphatic heterocycles. The monoisotopic (exact) mass is 275 g/mol. The molecular formula is C13H17N5S. The van der Waals surface area contributed by atoms with E-state index >= 15 is 0 Å². The second-order valence-electron chi connectivity index (χ2n) is 4.95. The van der Waals surface area contributed by atoms with E-state index in [2.05, 4.69) is 45.4 Å². The first-order valence-corrected chi connectivity index (χ1v) is 6.83. The number of nitrogen functional groups attached to an aromatic ring is 1. The maximum absolute atomic E-state index is 5.82. The third kappa shape index (κ3) is 2.54. The van der Waals surface area contributed by atoms with Crippen LogP contribution in [0.15, 0.2) is 30.3 Å². The van der Waals surface area contributed by atoms with Gasteiger partial charge in [-0.15, -0.1) is 0 Å². The number of benzene rings is 1. The van der Waals surface area contributed by atoms with Crippen LogP contribution in [0.5, 0.6) is 0 Å². The predicted octanol–water partition coefficient (Wildman–Crippen LogP) is 1.64. The molecule has 2 aromatic rings. The Kier molecular flexibility index (Phi) is 3.35. The first kappa shape index (κ1) is 12.4. The topological polar surface area (TPSA) is 62.9 Å². The number of aromatic nitrogens is 3. The van der Waals surface area contributed by atoms with E-state index < -0.39 is 0 Å². The molecule has 2 heterocycles. The molecule has 6 heteroatoms. The van der Waals surface area contributed by atoms with E-state index in [4.69, 9.17) is 18.1 Å². The van der Waals surface area contributed by atoms with Crippen LogP contribution in [0, 0.1) is 4.77 Å². The van der Waals surface area contributed by atoms with Gasteiger partial charge in [0.15, 0.2) is 5.82 Å². The van der Waals surface area contributed by atoms with E-state index in [1.54, 1.807) is 0 Å². The molecule has 3 N–H and O–H groups in total. The molecule has 3 rings (SSSR count). The number of aromatic amines is 1. The maximum Gasteiger partial charge on any atom is 0.214 e. The summed E-state index contributed by atoms with van der Waals surface area (Å²) in [6.07, 6.45) is 1.18. The average molecular weight is 275 g/mol. The molecule has 1 aliphatic rings. The van der Waals surface area contributed by atoms with Gasteiger partial charge in [0, 0.05) is 6.54 Å². The Morgan fingerprint density at radius 1 is 1.37 bits per heavy atom. The Morgan fingerprint density at radius 2 is 2.16 bits per heavy atom. The van der Waals surface area contributed by atoms with Crippen molar-refractivity contribution in [3.8, 4) is 0 Å². The van der Waals surface area contributed by atoms with Crippen LogP contribution in [0.3, 0.4) is 0 Å². The number of nitrogens with one attached hydrogen (secondary N) is 1. The third-order valence-electron chi connectivity index (χ3n) is 3.69. The van der Waals surface area contributed by atoms with E-state index in [-0.39, 0.29) is 0 Å². The number of rotatable bonds is 3. The fourth-order valence-corrected chi connectivity index (χ4v) is 2.77. The van der Waals surface area contributed by atoms with Crippen LogP contribution in [0.25, 0.3) is 0 Å². The lowest BCUT2D eigenvalue weighted by Crippen LogP contribution is -2.24. The highest BCUT2D eigenvalue weighted by molar-refractivity contribution is 7.71. The summed E-state index contributed by atoms with van der Waals surface area (Å²) in [6.45, 7) is 2.86. The molecule has 0 spiro atoms. The Bertz CT molecular complexity index is 603. The van der Waals surface area contributed by atoms with Gasteiger partial charge >= 0.3 is 0 Å². The number of hydrogen-bond acceptors (Lipinski definition) is 4. The SMILES string of the molecule is Nn1c(CN2CC[C@H](c3ccccc3)C2)n[nH]c1=S. The molecule has 1 aromatic carbocycles. The fourth-order valence-electron chi connectivity index (χ4n) is 2.62. The van der Waals surface area contributed by atoms with Gasteiger partial charge < -0.3 is 5.84 Å². The van der Waals surface area contributed by atoms with Crippen molar-refractivity contribution in [1.29, 1.82) is 0 Å². The van der Waals surface area contributed by atoms with Gasteiger partial charge in [0.2, 0.25) is 4.77 Å². The van der Waals surface area contributed by atoms with Gasteiger partial charge in [-0.3, -0.25) is 10.00 Å². The van der Waals surface area contributed by atoms with Crippen molar-refractivity contribution < 1.29 is 0 Å². The maximum atomic E-state index is 5.82. The lowest BCUT2D eigenvalue weighted by Gasteiger charge is -2.15. The van der Waals surface area contributed by atoms with Crippen LogP contribution < -0.4 is 5.84 Å². The van der Waals surface area contributed by atoms with Crippen molar-refractivity contribution in [3.05, 3.63) is 46.5 Å². The van der Waals surface area contributed by atoms with E-state index in [0.29, 0.717) is 10.7 Å². The molecule has 1 saturated heterocycles. The first-order chi connectivity index (χ1) is 9.24. The van der Waals surface area contributed by atoms with Crippen molar-refractivity contribution >= 4 is 12.2 Å². The summed E-state index contributed by atoms with van der Waals surface area (Å²) in [7, 11) is 0. The van der Waals surface area contributed by atoms with Gasteiger partial charge in [-0.05, 0) is 36.7 Å². The normalized spacial score (nSPS) is 19.9. The van der Waals surface area contributed by atoms with Gasteiger partial charge in [0.25, 0.3) is 0 Å². The highest BCUT2D eigenvalue weighted by Crippen LogP contribution is 2.27. The molecule has 0 bridgehead atoms. The number of nitrogens with zero attached hydrogens (tertiary/aromatic N) is 3. The molecule has 0 saturated carbocycles. The summed E-state index contributed by atoms with van der Waals surface area (Å²) in [5.74, 6) is 7.21. The highest BCUT2D eigenvalue weighted by atomic mass is 32.1. The largest absolute Gasteiger partial charge is 0.335 e. The molecule has 0 radical (unpaired) electrons. The number of hydrogen-bond donors (Lipinski definition) is 2. The van der Waals surface area contributed by atoms with E-state index in [9.17, 15) is 0 Å². The first-order valence-electron chi connectivity index (χ1n) is 6.42. The standard InChI is InChI=1S/C13H17N5S/c14-18-12(15-16-13(18)19)9-17-7-6-11(8-17)10-4-2-1-3-5-10/h1-5,11H,6-9,14H2,(H,16,19)/t11-/m0/s1. The Balaban J connectivity index is 1.67. The van der Waals surface area contributed by atoms with Gasteiger partial charge in [0.1, 0.15) is 0 Å². The zero-order valence-electron chi connectivity index (χ0n) is 10.6. The number of nitrogens with two attached hydrogens (primary N) is 1. The van der Waals surface area contributed by atoms with Crippen molar-refractivity contribution in [2.75, 3.05) is 18.9 Å². The van der Waals surface area contributed by atoms with Crippen LogP contribution in [-0.2, 0) is 6.54 Å². The summed E-state index contributed by atoms with van der Waals surface area (Å²) in [4.78, 5) is 2.37. The molecule has 1 fully saturated rings. The minimum absolute atomic E-state index is 0.466. The van der Waals surface area contributed by atoms with Crippen LogP contribution in [0.1, 0.15) is 23.7 Å². The lowest BCUT2D eigenvalue weighted by atomic mass is 9.99. The van der Waals surface area contributed by atoms with E-state index in [0.717, 1.165) is 25.5 Å². The molecule has 1 aromatic heterocycles. The predicted molar refractivity (Wildman–Crippen MR) is 76.6 cm³/mol. The molecule has 19 heavy (non-hydrogen) atoms. The molecule has 1 atom stereocenters. The summed E-state index contributed by atoms with van der Waals surface area (Å²) in [6, 6.07) is 10.7. The van der Waals surface area contributed by atoms with E-state index in [1.807, 2.05) is 0 Å². The molecule has 100 valence electrons. The molecule has 5 nitrogen and oxygen atoms in total. The molecule has 0 amide bonds.